The molecule has 1 heterocycles. The van der Waals surface area contributed by atoms with E-state index in [-0.39, 0.29) is 11.6 Å². The molecular formula is C21H24BrN3O4. The third-order valence-electron chi connectivity index (χ3n) is 4.64. The summed E-state index contributed by atoms with van der Waals surface area (Å²) in [5.41, 5.74) is 1.08. The van der Waals surface area contributed by atoms with E-state index < -0.39 is 0 Å². The average Bonchev–Trinajstić information content (AvgIpc) is 2.74. The van der Waals surface area contributed by atoms with Crippen LogP contribution in [0.5, 0.6) is 11.5 Å². The van der Waals surface area contributed by atoms with Gasteiger partial charge in [-0.05, 0) is 35.0 Å². The molecule has 0 saturated heterocycles. The van der Waals surface area contributed by atoms with Crippen molar-refractivity contribution < 1.29 is 14.2 Å². The summed E-state index contributed by atoms with van der Waals surface area (Å²) in [7, 11) is 4.79. The number of aromatic nitrogens is 2. The molecule has 2 aromatic carbocycles. The molecule has 3 aromatic rings. The third-order valence-corrected chi connectivity index (χ3v) is 5.43. The summed E-state index contributed by atoms with van der Waals surface area (Å²) in [5, 5.41) is 3.89. The highest BCUT2D eigenvalue weighted by atomic mass is 79.9. The Labute approximate surface area is 177 Å². The zero-order chi connectivity index (χ0) is 21.0. The van der Waals surface area contributed by atoms with Gasteiger partial charge in [0, 0.05) is 25.8 Å². The Balaban J connectivity index is 2.29. The van der Waals surface area contributed by atoms with Crippen molar-refractivity contribution in [2.45, 2.75) is 13.0 Å². The van der Waals surface area contributed by atoms with E-state index in [1.54, 1.807) is 44.1 Å². The van der Waals surface area contributed by atoms with Gasteiger partial charge in [-0.25, -0.2) is 4.98 Å². The lowest BCUT2D eigenvalue weighted by atomic mass is 10.2. The molecule has 154 valence electrons. The van der Waals surface area contributed by atoms with E-state index in [4.69, 9.17) is 19.2 Å². The Morgan fingerprint density at radius 2 is 1.93 bits per heavy atom. The van der Waals surface area contributed by atoms with Gasteiger partial charge in [-0.1, -0.05) is 12.1 Å². The second-order valence-corrected chi connectivity index (χ2v) is 7.25. The summed E-state index contributed by atoms with van der Waals surface area (Å²) in [4.78, 5) is 18.3. The van der Waals surface area contributed by atoms with Crippen molar-refractivity contribution in [2.75, 3.05) is 34.5 Å². The van der Waals surface area contributed by atoms with Gasteiger partial charge in [-0.2, -0.15) is 0 Å². The first-order valence-corrected chi connectivity index (χ1v) is 9.97. The number of halogens is 1. The molecular weight excluding hydrogens is 438 g/mol. The standard InChI is InChI=1S/C21H24BrN3O4/c1-13(23-9-10-27-2)20-24-16-8-6-5-7-15(16)21(26)25(20)17-11-14(28-3)12-18(29-4)19(17)22/h5-8,11-13,23H,9-10H2,1-4H3. The third kappa shape index (κ3) is 4.29. The van der Waals surface area contributed by atoms with E-state index in [1.807, 2.05) is 25.1 Å². The van der Waals surface area contributed by atoms with Gasteiger partial charge in [0.1, 0.15) is 17.3 Å². The van der Waals surface area contributed by atoms with Crippen LogP contribution in [-0.2, 0) is 4.74 Å². The van der Waals surface area contributed by atoms with Crippen LogP contribution in [0.4, 0.5) is 0 Å². The molecule has 0 aliphatic heterocycles. The lowest BCUT2D eigenvalue weighted by molar-refractivity contribution is 0.196. The van der Waals surface area contributed by atoms with E-state index in [0.29, 0.717) is 51.5 Å². The fourth-order valence-electron chi connectivity index (χ4n) is 3.13. The summed E-state index contributed by atoms with van der Waals surface area (Å²) in [6, 6.07) is 10.7. The molecule has 0 radical (unpaired) electrons. The SMILES string of the molecule is COCCNC(C)c1nc2ccccc2c(=O)n1-c1cc(OC)cc(OC)c1Br. The number of nitrogens with zero attached hydrogens (tertiary/aromatic N) is 2. The molecule has 0 fully saturated rings. The second-order valence-electron chi connectivity index (χ2n) is 6.46. The zero-order valence-corrected chi connectivity index (χ0v) is 18.4. The minimum absolute atomic E-state index is 0.165. The maximum Gasteiger partial charge on any atom is 0.266 e. The highest BCUT2D eigenvalue weighted by Gasteiger charge is 2.21. The summed E-state index contributed by atoms with van der Waals surface area (Å²) in [6.07, 6.45) is 0. The first-order valence-electron chi connectivity index (χ1n) is 9.17. The Hall–Kier alpha value is -2.42. The van der Waals surface area contributed by atoms with Crippen LogP contribution in [-0.4, -0.2) is 44.0 Å². The van der Waals surface area contributed by atoms with Gasteiger partial charge in [0.05, 0.1) is 47.9 Å². The smallest absolute Gasteiger partial charge is 0.266 e. The van der Waals surface area contributed by atoms with E-state index >= 15 is 0 Å². The van der Waals surface area contributed by atoms with Gasteiger partial charge in [-0.15, -0.1) is 0 Å². The van der Waals surface area contributed by atoms with Crippen LogP contribution >= 0.6 is 15.9 Å². The van der Waals surface area contributed by atoms with Crippen LogP contribution in [0.15, 0.2) is 45.7 Å². The number of rotatable bonds is 8. The molecule has 0 aliphatic rings. The quantitative estimate of drug-likeness (QED) is 0.517. The van der Waals surface area contributed by atoms with Gasteiger partial charge >= 0.3 is 0 Å². The summed E-state index contributed by atoms with van der Waals surface area (Å²) in [5.74, 6) is 1.72. The predicted octanol–water partition coefficient (Wildman–Crippen LogP) is 3.46. The predicted molar refractivity (Wildman–Crippen MR) is 116 cm³/mol. The first kappa shape index (κ1) is 21.3. The van der Waals surface area contributed by atoms with Gasteiger partial charge in [0.2, 0.25) is 0 Å². The Kier molecular flexibility index (Phi) is 6.89. The molecule has 0 saturated carbocycles. The zero-order valence-electron chi connectivity index (χ0n) is 16.9. The molecule has 1 aromatic heterocycles. The largest absolute Gasteiger partial charge is 0.497 e. The molecule has 0 spiro atoms. The van der Waals surface area contributed by atoms with Crippen LogP contribution < -0.4 is 20.3 Å². The van der Waals surface area contributed by atoms with E-state index in [9.17, 15) is 4.79 Å². The van der Waals surface area contributed by atoms with E-state index in [2.05, 4.69) is 21.2 Å². The maximum absolute atomic E-state index is 13.5. The molecule has 7 nitrogen and oxygen atoms in total. The molecule has 1 N–H and O–H groups in total. The normalized spacial score (nSPS) is 12.2. The first-order chi connectivity index (χ1) is 14.0. The molecule has 1 unspecified atom stereocenters. The lowest BCUT2D eigenvalue weighted by Crippen LogP contribution is -2.31. The maximum atomic E-state index is 13.5. The fraction of sp³-hybridized carbons (Fsp3) is 0.333. The Morgan fingerprint density at radius 3 is 2.62 bits per heavy atom. The van der Waals surface area contributed by atoms with Crippen LogP contribution in [0.25, 0.3) is 16.6 Å². The van der Waals surface area contributed by atoms with Gasteiger partial charge < -0.3 is 19.5 Å². The number of para-hydroxylation sites is 1. The van der Waals surface area contributed by atoms with Crippen molar-refractivity contribution in [1.82, 2.24) is 14.9 Å². The minimum Gasteiger partial charge on any atom is -0.497 e. The van der Waals surface area contributed by atoms with E-state index in [1.165, 1.54) is 0 Å². The topological polar surface area (TPSA) is 74.6 Å². The number of methoxy groups -OCH3 is 3. The monoisotopic (exact) mass is 461 g/mol. The molecule has 0 aliphatic carbocycles. The lowest BCUT2D eigenvalue weighted by Gasteiger charge is -2.21. The van der Waals surface area contributed by atoms with Crippen LogP contribution in [0.2, 0.25) is 0 Å². The summed E-state index contributed by atoms with van der Waals surface area (Å²) in [6.45, 7) is 3.15. The second kappa shape index (κ2) is 9.39. The van der Waals surface area contributed by atoms with Crippen LogP contribution in [0, 0.1) is 0 Å². The van der Waals surface area contributed by atoms with Gasteiger partial charge in [-0.3, -0.25) is 9.36 Å². The summed E-state index contributed by atoms with van der Waals surface area (Å²) < 4.78 is 18.2. The highest BCUT2D eigenvalue weighted by molar-refractivity contribution is 9.10. The Morgan fingerprint density at radius 1 is 1.17 bits per heavy atom. The highest BCUT2D eigenvalue weighted by Crippen LogP contribution is 2.36. The van der Waals surface area contributed by atoms with Crippen molar-refractivity contribution in [1.29, 1.82) is 0 Å². The molecule has 8 heteroatoms. The molecule has 0 amide bonds. The van der Waals surface area contributed by atoms with Crippen molar-refractivity contribution in [3.63, 3.8) is 0 Å². The molecule has 3 rings (SSSR count). The van der Waals surface area contributed by atoms with E-state index in [0.717, 1.165) is 0 Å². The number of ether oxygens (including phenoxy) is 3. The average molecular weight is 462 g/mol. The van der Waals surface area contributed by atoms with Crippen LogP contribution in [0.1, 0.15) is 18.8 Å². The minimum atomic E-state index is -0.202. The van der Waals surface area contributed by atoms with Gasteiger partial charge in [0.25, 0.3) is 5.56 Å². The molecule has 1 atom stereocenters. The molecule has 0 bridgehead atoms. The van der Waals surface area contributed by atoms with Gasteiger partial charge in [0.15, 0.2) is 0 Å². The fourth-order valence-corrected chi connectivity index (χ4v) is 3.70. The number of fused-ring (bicyclic) bond motifs is 1. The number of hydrogen-bond donors (Lipinski definition) is 1. The van der Waals surface area contributed by atoms with Crippen molar-refractivity contribution >= 4 is 26.8 Å². The number of hydrogen-bond acceptors (Lipinski definition) is 6. The Bertz CT molecular complexity index is 1070. The molecule has 29 heavy (non-hydrogen) atoms. The number of benzene rings is 2. The van der Waals surface area contributed by atoms with Crippen molar-refractivity contribution in [3.8, 4) is 17.2 Å². The van der Waals surface area contributed by atoms with Crippen molar-refractivity contribution in [3.05, 3.63) is 57.0 Å². The van der Waals surface area contributed by atoms with Crippen molar-refractivity contribution in [2.24, 2.45) is 0 Å². The van der Waals surface area contributed by atoms with Crippen LogP contribution in [0.3, 0.4) is 0 Å². The number of nitrogens with one attached hydrogen (secondary N) is 1. The summed E-state index contributed by atoms with van der Waals surface area (Å²) >= 11 is 3.58.